The largest absolute Gasteiger partial charge is 0.270 e. The van der Waals surface area contributed by atoms with Gasteiger partial charge in [0.1, 0.15) is 0 Å². The third-order valence-corrected chi connectivity index (χ3v) is 5.71. The summed E-state index contributed by atoms with van der Waals surface area (Å²) in [6.45, 7) is 4.83. The molecule has 0 amide bonds. The van der Waals surface area contributed by atoms with Crippen LogP contribution >= 0.6 is 0 Å². The van der Waals surface area contributed by atoms with Gasteiger partial charge in [-0.05, 0) is 12.5 Å². The second-order valence-electron chi connectivity index (χ2n) is 5.37. The van der Waals surface area contributed by atoms with Gasteiger partial charge in [0.2, 0.25) is 0 Å². The maximum absolute atomic E-state index is 10.8. The fourth-order valence-corrected chi connectivity index (χ4v) is 4.46. The normalized spacial score (nSPS) is 13.0. The maximum Gasteiger partial charge on any atom is 0.264 e. The molecule has 1 rings (SSSR count). The van der Waals surface area contributed by atoms with Gasteiger partial charge in [-0.1, -0.05) is 60.8 Å². The first-order chi connectivity index (χ1) is 8.79. The first-order valence-corrected chi connectivity index (χ1v) is 11.4. The molecule has 0 unspecified atom stereocenters. The summed E-state index contributed by atoms with van der Waals surface area (Å²) in [4.78, 5) is 0. The van der Waals surface area contributed by atoms with E-state index in [1.807, 2.05) is 12.1 Å². The lowest BCUT2D eigenvalue weighted by Crippen LogP contribution is -2.26. The summed E-state index contributed by atoms with van der Waals surface area (Å²) >= 11 is 0. The Morgan fingerprint density at radius 1 is 1.21 bits per heavy atom. The lowest BCUT2D eigenvalue weighted by Gasteiger charge is -2.17. The van der Waals surface area contributed by atoms with Crippen LogP contribution in [0.2, 0.25) is 13.1 Å². The molecule has 0 radical (unpaired) electrons. The third kappa shape index (κ3) is 7.97. The molecule has 0 fully saturated rings. The van der Waals surface area contributed by atoms with Gasteiger partial charge < -0.3 is 0 Å². The minimum Gasteiger partial charge on any atom is -0.270 e. The highest BCUT2D eigenvalue weighted by Gasteiger charge is 2.16. The van der Waals surface area contributed by atoms with Gasteiger partial charge in [0.05, 0.1) is 20.9 Å². The van der Waals surface area contributed by atoms with Gasteiger partial charge in [-0.2, -0.15) is 8.42 Å². The molecule has 1 aromatic rings. The van der Waals surface area contributed by atoms with E-state index < -0.39 is 18.2 Å². The molecule has 0 aliphatic carbocycles. The second-order valence-corrected chi connectivity index (χ2v) is 11.7. The van der Waals surface area contributed by atoms with Crippen LogP contribution in [-0.2, 0) is 20.3 Å². The minimum atomic E-state index is -3.31. The van der Waals surface area contributed by atoms with Crippen molar-refractivity contribution in [2.24, 2.45) is 0 Å². The van der Waals surface area contributed by atoms with E-state index in [1.54, 1.807) is 0 Å². The van der Waals surface area contributed by atoms with E-state index in [4.69, 9.17) is 4.18 Å². The fourth-order valence-electron chi connectivity index (χ4n) is 1.85. The van der Waals surface area contributed by atoms with Gasteiger partial charge in [0, 0.05) is 0 Å². The molecule has 0 N–H and O–H groups in total. The zero-order valence-corrected chi connectivity index (χ0v) is 13.6. The predicted octanol–water partition coefficient (Wildman–Crippen LogP) is 2.94. The maximum atomic E-state index is 10.8. The quantitative estimate of drug-likeness (QED) is 0.441. The van der Waals surface area contributed by atoms with Crippen molar-refractivity contribution >= 4 is 18.2 Å². The average molecular weight is 298 g/mol. The third-order valence-electron chi connectivity index (χ3n) is 2.65. The molecule has 0 heterocycles. The lowest BCUT2D eigenvalue weighted by molar-refractivity contribution is 0.328. The van der Waals surface area contributed by atoms with Crippen molar-refractivity contribution in [2.45, 2.75) is 25.6 Å². The van der Waals surface area contributed by atoms with E-state index in [1.165, 1.54) is 5.56 Å². The van der Waals surface area contributed by atoms with Crippen molar-refractivity contribution in [1.82, 2.24) is 0 Å². The Kier molecular flexibility index (Phi) is 5.97. The van der Waals surface area contributed by atoms with Crippen molar-refractivity contribution in [2.75, 3.05) is 12.9 Å². The van der Waals surface area contributed by atoms with Crippen LogP contribution in [-0.4, -0.2) is 29.4 Å². The summed E-state index contributed by atoms with van der Waals surface area (Å²) in [7, 11) is -4.74. The average Bonchev–Trinajstić information content (AvgIpc) is 2.27. The van der Waals surface area contributed by atoms with Gasteiger partial charge in [0.15, 0.2) is 0 Å². The zero-order chi connectivity index (χ0) is 14.4. The Morgan fingerprint density at radius 2 is 1.84 bits per heavy atom. The van der Waals surface area contributed by atoms with Crippen LogP contribution in [0, 0.1) is 0 Å². The Morgan fingerprint density at radius 3 is 2.42 bits per heavy atom. The standard InChI is InChI=1S/C14H22O3SSi/c1-18(15,16)17-11-7-8-12-19(2,3)13-14-9-5-4-6-10-14/h4-6,8-10,12H,7,11,13H2,1-3H3/b12-8+. The van der Waals surface area contributed by atoms with E-state index in [2.05, 4.69) is 43.1 Å². The predicted molar refractivity (Wildman–Crippen MR) is 82.2 cm³/mol. The molecule has 0 saturated heterocycles. The van der Waals surface area contributed by atoms with Crippen molar-refractivity contribution in [3.8, 4) is 0 Å². The topological polar surface area (TPSA) is 43.4 Å². The first-order valence-electron chi connectivity index (χ1n) is 6.34. The van der Waals surface area contributed by atoms with Gasteiger partial charge in [0.25, 0.3) is 10.1 Å². The lowest BCUT2D eigenvalue weighted by atomic mass is 10.2. The van der Waals surface area contributed by atoms with Crippen LogP contribution in [0.4, 0.5) is 0 Å². The molecule has 0 aliphatic heterocycles. The van der Waals surface area contributed by atoms with E-state index in [9.17, 15) is 8.42 Å². The van der Waals surface area contributed by atoms with Crippen LogP contribution in [0.25, 0.3) is 0 Å². The van der Waals surface area contributed by atoms with Gasteiger partial charge >= 0.3 is 0 Å². The molecule has 5 heteroatoms. The second kappa shape index (κ2) is 7.03. The van der Waals surface area contributed by atoms with Crippen LogP contribution in [0.15, 0.2) is 42.1 Å². The summed E-state index contributed by atoms with van der Waals surface area (Å²) in [6, 6.07) is 11.5. The van der Waals surface area contributed by atoms with E-state index >= 15 is 0 Å². The molecule has 19 heavy (non-hydrogen) atoms. The Hall–Kier alpha value is -0.913. The zero-order valence-electron chi connectivity index (χ0n) is 11.8. The highest BCUT2D eigenvalue weighted by molar-refractivity contribution is 7.85. The molecule has 0 aromatic heterocycles. The molecule has 3 nitrogen and oxygen atoms in total. The number of hydrogen-bond acceptors (Lipinski definition) is 3. The molecule has 0 bridgehead atoms. The highest BCUT2D eigenvalue weighted by Crippen LogP contribution is 2.13. The number of hydrogen-bond donors (Lipinski definition) is 0. The van der Waals surface area contributed by atoms with Crippen LogP contribution in [0.5, 0.6) is 0 Å². The Labute approximate surface area is 117 Å². The van der Waals surface area contributed by atoms with Crippen LogP contribution in [0.1, 0.15) is 12.0 Å². The van der Waals surface area contributed by atoms with E-state index in [-0.39, 0.29) is 6.61 Å². The minimum absolute atomic E-state index is 0.227. The SMILES string of the molecule is C[Si](C)(/C=C/CCOS(C)(=O)=O)Cc1ccccc1. The molecular weight excluding hydrogens is 276 g/mol. The molecule has 0 spiro atoms. The van der Waals surface area contributed by atoms with Gasteiger partial charge in [-0.15, -0.1) is 0 Å². The van der Waals surface area contributed by atoms with Crippen LogP contribution < -0.4 is 0 Å². The van der Waals surface area contributed by atoms with E-state index in [0.717, 1.165) is 12.3 Å². The van der Waals surface area contributed by atoms with E-state index in [0.29, 0.717) is 6.42 Å². The first kappa shape index (κ1) is 16.1. The molecular formula is C14H22O3SSi. The summed E-state index contributed by atoms with van der Waals surface area (Å²) in [5.74, 6) is 0. The van der Waals surface area contributed by atoms with Crippen LogP contribution in [0.3, 0.4) is 0 Å². The monoisotopic (exact) mass is 298 g/mol. The van der Waals surface area contributed by atoms with Crippen molar-refractivity contribution < 1.29 is 12.6 Å². The number of rotatable bonds is 7. The van der Waals surface area contributed by atoms with Crippen molar-refractivity contribution in [1.29, 1.82) is 0 Å². The van der Waals surface area contributed by atoms with Crippen molar-refractivity contribution in [3.63, 3.8) is 0 Å². The molecule has 0 atom stereocenters. The highest BCUT2D eigenvalue weighted by atomic mass is 32.2. The summed E-state index contributed by atoms with van der Waals surface area (Å²) in [6.07, 6.45) is 3.75. The summed E-state index contributed by atoms with van der Waals surface area (Å²) < 4.78 is 26.3. The van der Waals surface area contributed by atoms with Gasteiger partial charge in [-0.3, -0.25) is 4.18 Å². The Balaban J connectivity index is 2.42. The molecule has 1 aromatic carbocycles. The Bertz CT molecular complexity index is 507. The fraction of sp³-hybridized carbons (Fsp3) is 0.429. The molecule has 106 valence electrons. The number of benzene rings is 1. The summed E-state index contributed by atoms with van der Waals surface area (Å²) in [5, 5.41) is 0. The summed E-state index contributed by atoms with van der Waals surface area (Å²) in [5.41, 5.74) is 3.61. The van der Waals surface area contributed by atoms with Crippen molar-refractivity contribution in [3.05, 3.63) is 47.7 Å². The molecule has 0 saturated carbocycles. The van der Waals surface area contributed by atoms with Gasteiger partial charge in [-0.25, -0.2) is 0 Å². The smallest absolute Gasteiger partial charge is 0.264 e. The molecule has 0 aliphatic rings.